The molecule has 1 aromatic heterocycles. The first-order chi connectivity index (χ1) is 9.17. The molecule has 100 valence electrons. The predicted molar refractivity (Wildman–Crippen MR) is 71.1 cm³/mol. The first-order valence-corrected chi connectivity index (χ1v) is 5.87. The van der Waals surface area contributed by atoms with E-state index in [1.54, 1.807) is 38.6 Å². The average Bonchev–Trinajstić information content (AvgIpc) is 2.44. The van der Waals surface area contributed by atoms with Crippen molar-refractivity contribution in [2.24, 2.45) is 5.84 Å². The van der Waals surface area contributed by atoms with Gasteiger partial charge in [-0.25, -0.2) is 9.82 Å². The van der Waals surface area contributed by atoms with Crippen LogP contribution < -0.4 is 16.0 Å². The molecule has 5 heteroatoms. The summed E-state index contributed by atoms with van der Waals surface area (Å²) in [6, 6.07) is 6.44. The van der Waals surface area contributed by atoms with Crippen molar-refractivity contribution in [1.82, 2.24) is 10.4 Å². The van der Waals surface area contributed by atoms with Gasteiger partial charge in [0.1, 0.15) is 11.6 Å². The van der Waals surface area contributed by atoms with E-state index in [1.807, 2.05) is 6.07 Å². The maximum absolute atomic E-state index is 13.3. The van der Waals surface area contributed by atoms with Crippen LogP contribution in [0.25, 0.3) is 0 Å². The van der Waals surface area contributed by atoms with Crippen LogP contribution in [-0.2, 0) is 0 Å². The Labute approximate surface area is 111 Å². The van der Waals surface area contributed by atoms with Gasteiger partial charge in [-0.2, -0.15) is 0 Å². The number of nitrogens with zero attached hydrogens (tertiary/aromatic N) is 1. The van der Waals surface area contributed by atoms with Crippen molar-refractivity contribution >= 4 is 0 Å². The lowest BCUT2D eigenvalue weighted by Gasteiger charge is -2.19. The second-order valence-corrected chi connectivity index (χ2v) is 4.23. The zero-order chi connectivity index (χ0) is 13.8. The molecule has 3 N–H and O–H groups in total. The summed E-state index contributed by atoms with van der Waals surface area (Å²) in [5.41, 5.74) is 5.02. The molecule has 2 aromatic rings. The highest BCUT2D eigenvalue weighted by atomic mass is 19.1. The van der Waals surface area contributed by atoms with E-state index in [1.165, 1.54) is 6.07 Å². The number of nitrogens with two attached hydrogens (primary N) is 1. The Balaban J connectivity index is 2.46. The summed E-state index contributed by atoms with van der Waals surface area (Å²) in [5, 5.41) is 0. The van der Waals surface area contributed by atoms with Crippen molar-refractivity contribution in [3.8, 4) is 5.75 Å². The lowest BCUT2D eigenvalue weighted by molar-refractivity contribution is 0.402. The molecular weight excluding hydrogens is 245 g/mol. The molecule has 0 fully saturated rings. The van der Waals surface area contributed by atoms with E-state index in [-0.39, 0.29) is 11.9 Å². The quantitative estimate of drug-likeness (QED) is 0.653. The Morgan fingerprint density at radius 1 is 1.37 bits per heavy atom. The molecule has 0 spiro atoms. The molecule has 0 aliphatic rings. The number of ether oxygens (including phenoxy) is 1. The second kappa shape index (κ2) is 5.77. The van der Waals surface area contributed by atoms with Crippen LogP contribution in [0.1, 0.15) is 22.7 Å². The van der Waals surface area contributed by atoms with Crippen LogP contribution in [0.5, 0.6) is 5.75 Å². The number of aryl methyl sites for hydroxylation is 1. The molecule has 0 saturated heterocycles. The monoisotopic (exact) mass is 261 g/mol. The first-order valence-electron chi connectivity index (χ1n) is 5.87. The molecule has 0 aliphatic heterocycles. The standard InChI is InChI=1S/C14H16FN3O/c1-9-7-10(3-4-12(9)15)14(18-16)11-5-6-17-8-13(11)19-2/h3-8,14,18H,16H2,1-2H3. The fourth-order valence-corrected chi connectivity index (χ4v) is 2.01. The smallest absolute Gasteiger partial charge is 0.142 e. The molecular formula is C14H16FN3O. The van der Waals surface area contributed by atoms with Crippen molar-refractivity contribution in [3.63, 3.8) is 0 Å². The Morgan fingerprint density at radius 3 is 2.79 bits per heavy atom. The Morgan fingerprint density at radius 2 is 2.16 bits per heavy atom. The number of nitrogens with one attached hydrogen (secondary N) is 1. The van der Waals surface area contributed by atoms with Crippen LogP contribution in [0.15, 0.2) is 36.7 Å². The van der Waals surface area contributed by atoms with Crippen molar-refractivity contribution < 1.29 is 9.13 Å². The van der Waals surface area contributed by atoms with Gasteiger partial charge in [0.15, 0.2) is 0 Å². The molecule has 1 heterocycles. The van der Waals surface area contributed by atoms with Crippen molar-refractivity contribution in [3.05, 3.63) is 59.2 Å². The molecule has 0 saturated carbocycles. The van der Waals surface area contributed by atoms with E-state index in [2.05, 4.69) is 10.4 Å². The number of hydrazine groups is 1. The molecule has 4 nitrogen and oxygen atoms in total. The number of hydrogen-bond acceptors (Lipinski definition) is 4. The fraction of sp³-hybridized carbons (Fsp3) is 0.214. The van der Waals surface area contributed by atoms with Gasteiger partial charge in [0.25, 0.3) is 0 Å². The van der Waals surface area contributed by atoms with Gasteiger partial charge in [-0.3, -0.25) is 10.8 Å². The number of halogens is 1. The molecule has 0 amide bonds. The van der Waals surface area contributed by atoms with Gasteiger partial charge in [0.05, 0.1) is 19.3 Å². The summed E-state index contributed by atoms with van der Waals surface area (Å²) in [7, 11) is 1.57. The number of benzene rings is 1. The molecule has 19 heavy (non-hydrogen) atoms. The number of hydrogen-bond donors (Lipinski definition) is 2. The number of aromatic nitrogens is 1. The Bertz CT molecular complexity index is 574. The van der Waals surface area contributed by atoms with Gasteiger partial charge in [-0.05, 0) is 30.2 Å². The summed E-state index contributed by atoms with van der Waals surface area (Å²) in [5.74, 6) is 6.03. The normalized spacial score (nSPS) is 12.2. The second-order valence-electron chi connectivity index (χ2n) is 4.23. The van der Waals surface area contributed by atoms with Crippen LogP contribution in [0, 0.1) is 12.7 Å². The SMILES string of the molecule is COc1cnccc1C(NN)c1ccc(F)c(C)c1. The average molecular weight is 261 g/mol. The van der Waals surface area contributed by atoms with Crippen molar-refractivity contribution in [1.29, 1.82) is 0 Å². The van der Waals surface area contributed by atoms with Gasteiger partial charge in [-0.1, -0.05) is 12.1 Å². The zero-order valence-corrected chi connectivity index (χ0v) is 10.9. The van der Waals surface area contributed by atoms with Crippen LogP contribution in [0.4, 0.5) is 4.39 Å². The molecule has 0 radical (unpaired) electrons. The minimum absolute atomic E-state index is 0.235. The largest absolute Gasteiger partial charge is 0.495 e. The highest BCUT2D eigenvalue weighted by molar-refractivity contribution is 5.40. The lowest BCUT2D eigenvalue weighted by Crippen LogP contribution is -2.29. The number of methoxy groups -OCH3 is 1. The van der Waals surface area contributed by atoms with Crippen molar-refractivity contribution in [2.75, 3.05) is 7.11 Å². The van der Waals surface area contributed by atoms with Crippen LogP contribution in [0.2, 0.25) is 0 Å². The summed E-state index contributed by atoms with van der Waals surface area (Å²) in [6.07, 6.45) is 3.29. The maximum atomic E-state index is 13.3. The predicted octanol–water partition coefficient (Wildman–Crippen LogP) is 2.09. The van der Waals surface area contributed by atoms with Crippen molar-refractivity contribution in [2.45, 2.75) is 13.0 Å². The summed E-state index contributed by atoms with van der Waals surface area (Å²) in [4.78, 5) is 4.00. The summed E-state index contributed by atoms with van der Waals surface area (Å²) < 4.78 is 18.6. The molecule has 1 aromatic carbocycles. The lowest BCUT2D eigenvalue weighted by atomic mass is 9.98. The summed E-state index contributed by atoms with van der Waals surface area (Å²) in [6.45, 7) is 1.72. The molecule has 1 atom stereocenters. The molecule has 1 unspecified atom stereocenters. The highest BCUT2D eigenvalue weighted by Gasteiger charge is 2.17. The van der Waals surface area contributed by atoms with Gasteiger partial charge in [-0.15, -0.1) is 0 Å². The highest BCUT2D eigenvalue weighted by Crippen LogP contribution is 2.29. The molecule has 0 bridgehead atoms. The number of pyridine rings is 1. The van der Waals surface area contributed by atoms with Gasteiger partial charge >= 0.3 is 0 Å². The van der Waals surface area contributed by atoms with Gasteiger partial charge in [0.2, 0.25) is 0 Å². The molecule has 2 rings (SSSR count). The van der Waals surface area contributed by atoms with Crippen LogP contribution >= 0.6 is 0 Å². The molecule has 0 aliphatic carbocycles. The topological polar surface area (TPSA) is 60.2 Å². The third kappa shape index (κ3) is 2.72. The zero-order valence-electron chi connectivity index (χ0n) is 10.9. The van der Waals surface area contributed by atoms with E-state index >= 15 is 0 Å². The van der Waals surface area contributed by atoms with Gasteiger partial charge in [0, 0.05) is 11.8 Å². The Hall–Kier alpha value is -1.98. The van der Waals surface area contributed by atoms with E-state index in [9.17, 15) is 4.39 Å². The number of rotatable bonds is 4. The third-order valence-corrected chi connectivity index (χ3v) is 3.03. The van der Waals surface area contributed by atoms with E-state index in [4.69, 9.17) is 10.6 Å². The van der Waals surface area contributed by atoms with E-state index in [0.29, 0.717) is 11.3 Å². The van der Waals surface area contributed by atoms with Crippen LogP contribution in [0.3, 0.4) is 0 Å². The minimum Gasteiger partial charge on any atom is -0.495 e. The maximum Gasteiger partial charge on any atom is 0.142 e. The first kappa shape index (κ1) is 13.5. The Kier molecular flexibility index (Phi) is 4.09. The van der Waals surface area contributed by atoms with Gasteiger partial charge < -0.3 is 4.74 Å². The van der Waals surface area contributed by atoms with E-state index in [0.717, 1.165) is 11.1 Å². The fourth-order valence-electron chi connectivity index (χ4n) is 2.01. The van der Waals surface area contributed by atoms with E-state index < -0.39 is 0 Å². The van der Waals surface area contributed by atoms with Crippen LogP contribution in [-0.4, -0.2) is 12.1 Å². The summed E-state index contributed by atoms with van der Waals surface area (Å²) >= 11 is 0. The third-order valence-electron chi connectivity index (χ3n) is 3.03. The minimum atomic E-state index is -0.280.